The van der Waals surface area contributed by atoms with Gasteiger partial charge in [0.2, 0.25) is 0 Å². The van der Waals surface area contributed by atoms with Gasteiger partial charge in [0.25, 0.3) is 0 Å². The van der Waals surface area contributed by atoms with Crippen molar-refractivity contribution < 1.29 is 10.0 Å². The van der Waals surface area contributed by atoms with E-state index in [1.807, 2.05) is 37.3 Å². The second kappa shape index (κ2) is 7.25. The van der Waals surface area contributed by atoms with Crippen LogP contribution in [0.25, 0.3) is 0 Å². The Morgan fingerprint density at radius 1 is 1.47 bits per heavy atom. The molecule has 0 saturated heterocycles. The molecule has 0 aromatic heterocycles. The molecule has 0 spiro atoms. The molecule has 1 aromatic rings. The highest BCUT2D eigenvalue weighted by Gasteiger charge is 2.16. The largest absolute Gasteiger partial charge is 0.409 e. The van der Waals surface area contributed by atoms with E-state index in [2.05, 4.69) is 10.5 Å². The first-order valence-electron chi connectivity index (χ1n) is 6.05. The Bertz CT molecular complexity index is 434. The van der Waals surface area contributed by atoms with Gasteiger partial charge in [-0.05, 0) is 12.5 Å². The Morgan fingerprint density at radius 3 is 2.68 bits per heavy atom. The van der Waals surface area contributed by atoms with Crippen molar-refractivity contribution in [2.75, 3.05) is 7.05 Å². The molecule has 1 aromatic carbocycles. The number of hydrogen-bond donors (Lipinski definition) is 3. The molecular formula is C13H20N4O2. The van der Waals surface area contributed by atoms with Gasteiger partial charge >= 0.3 is 6.03 Å². The number of carbonyl (C=O) groups excluding carboxylic acids is 1. The van der Waals surface area contributed by atoms with Crippen LogP contribution in [0.4, 0.5) is 4.79 Å². The molecule has 0 bridgehead atoms. The Balaban J connectivity index is 2.44. The van der Waals surface area contributed by atoms with Crippen molar-refractivity contribution in [1.29, 1.82) is 0 Å². The number of hydrogen-bond acceptors (Lipinski definition) is 3. The molecule has 19 heavy (non-hydrogen) atoms. The first kappa shape index (κ1) is 14.8. The zero-order valence-corrected chi connectivity index (χ0v) is 11.2. The first-order chi connectivity index (χ1) is 9.04. The van der Waals surface area contributed by atoms with Gasteiger partial charge in [-0.2, -0.15) is 0 Å². The van der Waals surface area contributed by atoms with Crippen LogP contribution in [0, 0.1) is 0 Å². The first-order valence-corrected chi connectivity index (χ1v) is 6.05. The smallest absolute Gasteiger partial charge is 0.317 e. The lowest BCUT2D eigenvalue weighted by atomic mass is 10.2. The van der Waals surface area contributed by atoms with Crippen molar-refractivity contribution in [3.8, 4) is 0 Å². The molecule has 1 unspecified atom stereocenters. The lowest BCUT2D eigenvalue weighted by Gasteiger charge is -2.24. The van der Waals surface area contributed by atoms with Crippen LogP contribution in [0.5, 0.6) is 0 Å². The molecule has 4 N–H and O–H groups in total. The second-order valence-electron chi connectivity index (χ2n) is 4.40. The van der Waals surface area contributed by atoms with Gasteiger partial charge in [0.15, 0.2) is 0 Å². The van der Waals surface area contributed by atoms with Crippen molar-refractivity contribution in [3.63, 3.8) is 0 Å². The van der Waals surface area contributed by atoms with E-state index in [9.17, 15) is 4.79 Å². The fourth-order valence-corrected chi connectivity index (χ4v) is 1.58. The van der Waals surface area contributed by atoms with Gasteiger partial charge in [0.05, 0.1) is 0 Å². The van der Waals surface area contributed by atoms with Crippen LogP contribution in [0.2, 0.25) is 0 Å². The Morgan fingerprint density at radius 2 is 2.11 bits per heavy atom. The summed E-state index contributed by atoms with van der Waals surface area (Å²) in [4.78, 5) is 13.4. The summed E-state index contributed by atoms with van der Waals surface area (Å²) < 4.78 is 0. The van der Waals surface area contributed by atoms with Crippen LogP contribution in [-0.4, -0.2) is 35.1 Å². The Labute approximate surface area is 112 Å². The molecule has 104 valence electrons. The van der Waals surface area contributed by atoms with Gasteiger partial charge in [-0.25, -0.2) is 4.79 Å². The molecule has 0 aliphatic rings. The fraction of sp³-hybridized carbons (Fsp3) is 0.385. The van der Waals surface area contributed by atoms with Crippen molar-refractivity contribution >= 4 is 11.9 Å². The predicted octanol–water partition coefficient (Wildman–Crippen LogP) is 1.35. The third kappa shape index (κ3) is 4.87. The molecule has 2 amide bonds. The van der Waals surface area contributed by atoms with Gasteiger partial charge in [-0.1, -0.05) is 35.5 Å². The minimum atomic E-state index is -0.193. The molecule has 1 rings (SSSR count). The van der Waals surface area contributed by atoms with E-state index in [0.717, 1.165) is 5.56 Å². The molecule has 0 saturated carbocycles. The fourth-order valence-electron chi connectivity index (χ4n) is 1.58. The highest BCUT2D eigenvalue weighted by Crippen LogP contribution is 2.03. The number of urea groups is 1. The summed E-state index contributed by atoms with van der Waals surface area (Å²) >= 11 is 0. The molecular weight excluding hydrogens is 244 g/mol. The molecule has 0 fully saturated rings. The monoisotopic (exact) mass is 264 g/mol. The number of nitrogens with two attached hydrogens (primary N) is 1. The highest BCUT2D eigenvalue weighted by atomic mass is 16.4. The van der Waals surface area contributed by atoms with Gasteiger partial charge in [-0.15, -0.1) is 0 Å². The third-order valence-electron chi connectivity index (χ3n) is 2.90. The van der Waals surface area contributed by atoms with Crippen LogP contribution >= 0.6 is 0 Å². The van der Waals surface area contributed by atoms with Gasteiger partial charge in [0.1, 0.15) is 5.84 Å². The second-order valence-corrected chi connectivity index (χ2v) is 4.40. The number of rotatable bonds is 5. The highest BCUT2D eigenvalue weighted by molar-refractivity contribution is 5.81. The van der Waals surface area contributed by atoms with Crippen molar-refractivity contribution in [2.24, 2.45) is 10.9 Å². The topological polar surface area (TPSA) is 91.0 Å². The van der Waals surface area contributed by atoms with E-state index in [1.54, 1.807) is 7.05 Å². The SMILES string of the molecule is CC(C/C(N)=N/O)N(C)C(=O)NCc1ccccc1. The molecule has 6 heteroatoms. The standard InChI is InChI=1S/C13H20N4O2/c1-10(8-12(14)16-19)17(2)13(18)15-9-11-6-4-3-5-7-11/h3-7,10,19H,8-9H2,1-2H3,(H2,14,16)(H,15,18). The number of amides is 2. The van der Waals surface area contributed by atoms with Crippen LogP contribution in [-0.2, 0) is 6.54 Å². The lowest BCUT2D eigenvalue weighted by Crippen LogP contribution is -2.43. The van der Waals surface area contributed by atoms with E-state index >= 15 is 0 Å². The van der Waals surface area contributed by atoms with E-state index in [4.69, 9.17) is 10.9 Å². The Kier molecular flexibility index (Phi) is 5.66. The third-order valence-corrected chi connectivity index (χ3v) is 2.90. The van der Waals surface area contributed by atoms with E-state index in [-0.39, 0.29) is 17.9 Å². The zero-order chi connectivity index (χ0) is 14.3. The molecule has 0 aliphatic carbocycles. The molecule has 1 atom stereocenters. The minimum Gasteiger partial charge on any atom is -0.409 e. The lowest BCUT2D eigenvalue weighted by molar-refractivity contribution is 0.194. The van der Waals surface area contributed by atoms with Crippen LogP contribution < -0.4 is 11.1 Å². The number of amidine groups is 1. The van der Waals surface area contributed by atoms with E-state index in [1.165, 1.54) is 4.90 Å². The maximum absolute atomic E-state index is 11.9. The summed E-state index contributed by atoms with van der Waals surface area (Å²) in [5.41, 5.74) is 6.45. The quantitative estimate of drug-likeness (QED) is 0.324. The van der Waals surface area contributed by atoms with Gasteiger partial charge < -0.3 is 21.2 Å². The van der Waals surface area contributed by atoms with E-state index < -0.39 is 0 Å². The number of carbonyl (C=O) groups is 1. The number of benzene rings is 1. The van der Waals surface area contributed by atoms with Crippen molar-refractivity contribution in [2.45, 2.75) is 25.9 Å². The summed E-state index contributed by atoms with van der Waals surface area (Å²) in [5.74, 6) is 0.107. The Hall–Kier alpha value is -2.24. The summed E-state index contributed by atoms with van der Waals surface area (Å²) in [6.45, 7) is 2.31. The average molecular weight is 264 g/mol. The van der Waals surface area contributed by atoms with Crippen molar-refractivity contribution in [3.05, 3.63) is 35.9 Å². The number of nitrogens with one attached hydrogen (secondary N) is 1. The van der Waals surface area contributed by atoms with Crippen molar-refractivity contribution in [1.82, 2.24) is 10.2 Å². The molecule has 0 aliphatic heterocycles. The summed E-state index contributed by atoms with van der Waals surface area (Å²) in [5, 5.41) is 14.2. The van der Waals surface area contributed by atoms with Crippen LogP contribution in [0.1, 0.15) is 18.9 Å². The van der Waals surface area contributed by atoms with Crippen LogP contribution in [0.15, 0.2) is 35.5 Å². The zero-order valence-electron chi connectivity index (χ0n) is 11.2. The number of oxime groups is 1. The van der Waals surface area contributed by atoms with Gasteiger partial charge in [0, 0.05) is 26.1 Å². The van der Waals surface area contributed by atoms with Gasteiger partial charge in [-0.3, -0.25) is 0 Å². The summed E-state index contributed by atoms with van der Waals surface area (Å²) in [6.07, 6.45) is 0.325. The maximum Gasteiger partial charge on any atom is 0.317 e. The summed E-state index contributed by atoms with van der Waals surface area (Å²) in [7, 11) is 1.68. The molecule has 6 nitrogen and oxygen atoms in total. The molecule has 0 radical (unpaired) electrons. The maximum atomic E-state index is 11.9. The predicted molar refractivity (Wildman–Crippen MR) is 73.9 cm³/mol. The molecule has 0 heterocycles. The number of nitrogens with zero attached hydrogens (tertiary/aromatic N) is 2. The normalized spacial score (nSPS) is 12.8. The van der Waals surface area contributed by atoms with Crippen LogP contribution in [0.3, 0.4) is 0 Å². The average Bonchev–Trinajstić information content (AvgIpc) is 2.44. The summed E-state index contributed by atoms with van der Waals surface area (Å²) in [6, 6.07) is 9.32. The van der Waals surface area contributed by atoms with E-state index in [0.29, 0.717) is 13.0 Å². The minimum absolute atomic E-state index is 0.107.